The van der Waals surface area contributed by atoms with Gasteiger partial charge in [-0.25, -0.2) is 0 Å². The fourth-order valence-electron chi connectivity index (χ4n) is 3.14. The summed E-state index contributed by atoms with van der Waals surface area (Å²) in [6.07, 6.45) is 2.57. The van der Waals surface area contributed by atoms with Gasteiger partial charge in [0.2, 0.25) is 0 Å². The Balaban J connectivity index is 1.58. The molecule has 0 radical (unpaired) electrons. The van der Waals surface area contributed by atoms with Crippen LogP contribution in [0.15, 0.2) is 59.7 Å². The highest BCUT2D eigenvalue weighted by molar-refractivity contribution is 5.82. The highest BCUT2D eigenvalue weighted by Gasteiger charge is 2.10. The van der Waals surface area contributed by atoms with Crippen molar-refractivity contribution in [2.45, 2.75) is 26.5 Å². The van der Waals surface area contributed by atoms with Gasteiger partial charge < -0.3 is 15.4 Å². The first-order valence-corrected chi connectivity index (χ1v) is 9.38. The number of guanidine groups is 1. The Bertz CT molecular complexity index is 986. The molecule has 0 fully saturated rings. The van der Waals surface area contributed by atoms with E-state index in [4.69, 9.17) is 0 Å². The maximum absolute atomic E-state index is 12.6. The van der Waals surface area contributed by atoms with E-state index in [9.17, 15) is 8.78 Å². The van der Waals surface area contributed by atoms with Crippen LogP contribution in [0.2, 0.25) is 0 Å². The molecule has 0 unspecified atom stereocenters. The summed E-state index contributed by atoms with van der Waals surface area (Å²) >= 11 is 0. The van der Waals surface area contributed by atoms with E-state index in [0.717, 1.165) is 28.5 Å². The summed E-state index contributed by atoms with van der Waals surface area (Å²) in [5.41, 5.74) is 3.76. The van der Waals surface area contributed by atoms with Crippen molar-refractivity contribution >= 4 is 16.9 Å². The van der Waals surface area contributed by atoms with Gasteiger partial charge >= 0.3 is 6.61 Å². The molecule has 0 saturated heterocycles. The number of rotatable bonds is 7. The van der Waals surface area contributed by atoms with Gasteiger partial charge in [-0.3, -0.25) is 9.98 Å². The predicted octanol–water partition coefficient (Wildman–Crippen LogP) is 4.05. The van der Waals surface area contributed by atoms with Crippen molar-refractivity contribution in [3.8, 4) is 5.75 Å². The molecule has 0 aliphatic carbocycles. The topological polar surface area (TPSA) is 58.5 Å². The van der Waals surface area contributed by atoms with E-state index in [1.807, 2.05) is 37.3 Å². The Kier molecular flexibility index (Phi) is 6.94. The van der Waals surface area contributed by atoms with Crippen LogP contribution in [-0.2, 0) is 13.0 Å². The lowest BCUT2D eigenvalue weighted by Gasteiger charge is -2.15. The lowest BCUT2D eigenvalue weighted by molar-refractivity contribution is -0.0504. The van der Waals surface area contributed by atoms with Crippen LogP contribution in [-0.4, -0.2) is 31.1 Å². The van der Waals surface area contributed by atoms with Gasteiger partial charge in [0.1, 0.15) is 5.75 Å². The van der Waals surface area contributed by atoms with Crippen LogP contribution >= 0.6 is 0 Å². The molecule has 3 rings (SSSR count). The number of ether oxygens (including phenoxy) is 1. The van der Waals surface area contributed by atoms with Gasteiger partial charge in [0, 0.05) is 37.3 Å². The molecule has 152 valence electrons. The van der Waals surface area contributed by atoms with Crippen molar-refractivity contribution in [2.24, 2.45) is 4.99 Å². The minimum atomic E-state index is -2.86. The van der Waals surface area contributed by atoms with E-state index in [1.54, 1.807) is 25.4 Å². The number of aromatic nitrogens is 1. The fraction of sp³-hybridized carbons (Fsp3) is 0.273. The van der Waals surface area contributed by atoms with Crippen LogP contribution in [0.5, 0.6) is 5.75 Å². The number of hydrogen-bond donors (Lipinski definition) is 2. The van der Waals surface area contributed by atoms with Crippen LogP contribution in [0.25, 0.3) is 10.9 Å². The van der Waals surface area contributed by atoms with E-state index >= 15 is 0 Å². The van der Waals surface area contributed by atoms with Crippen molar-refractivity contribution in [1.82, 2.24) is 15.6 Å². The summed E-state index contributed by atoms with van der Waals surface area (Å²) in [4.78, 5) is 8.67. The summed E-state index contributed by atoms with van der Waals surface area (Å²) in [7, 11) is 1.67. The molecular weight excluding hydrogens is 374 g/mol. The summed E-state index contributed by atoms with van der Waals surface area (Å²) in [5.74, 6) is 0.748. The van der Waals surface area contributed by atoms with Crippen molar-refractivity contribution in [3.05, 3.63) is 71.4 Å². The number of nitrogens with one attached hydrogen (secondary N) is 2. The Hall–Kier alpha value is -3.22. The van der Waals surface area contributed by atoms with Crippen molar-refractivity contribution in [3.63, 3.8) is 0 Å². The molecule has 0 aliphatic rings. The fourth-order valence-corrected chi connectivity index (χ4v) is 3.14. The summed E-state index contributed by atoms with van der Waals surface area (Å²) < 4.78 is 29.8. The van der Waals surface area contributed by atoms with Crippen molar-refractivity contribution in [2.75, 3.05) is 13.6 Å². The molecule has 29 heavy (non-hydrogen) atoms. The number of alkyl halides is 2. The zero-order valence-electron chi connectivity index (χ0n) is 16.5. The quantitative estimate of drug-likeness (QED) is 0.466. The summed E-state index contributed by atoms with van der Waals surface area (Å²) in [5, 5.41) is 7.51. The van der Waals surface area contributed by atoms with Gasteiger partial charge in [0.15, 0.2) is 5.96 Å². The van der Waals surface area contributed by atoms with E-state index in [-0.39, 0.29) is 5.75 Å². The number of fused-ring (bicyclic) bond motifs is 1. The third-order valence-corrected chi connectivity index (χ3v) is 4.50. The Morgan fingerprint density at radius 2 is 1.93 bits per heavy atom. The second-order valence-corrected chi connectivity index (χ2v) is 6.58. The smallest absolute Gasteiger partial charge is 0.387 e. The first-order valence-electron chi connectivity index (χ1n) is 9.38. The molecule has 0 amide bonds. The molecule has 7 heteroatoms. The summed E-state index contributed by atoms with van der Waals surface area (Å²) in [6, 6.07) is 15.2. The second-order valence-electron chi connectivity index (χ2n) is 6.58. The van der Waals surface area contributed by atoms with Gasteiger partial charge in [-0.15, -0.1) is 0 Å². The molecule has 2 N–H and O–H groups in total. The maximum Gasteiger partial charge on any atom is 0.387 e. The lowest BCUT2D eigenvalue weighted by Crippen LogP contribution is -2.38. The molecule has 0 aliphatic heterocycles. The summed E-state index contributed by atoms with van der Waals surface area (Å²) in [6.45, 7) is 0.0206. The van der Waals surface area contributed by atoms with Crippen molar-refractivity contribution < 1.29 is 13.5 Å². The van der Waals surface area contributed by atoms with Gasteiger partial charge in [-0.05, 0) is 31.0 Å². The third-order valence-electron chi connectivity index (χ3n) is 4.50. The van der Waals surface area contributed by atoms with E-state index in [0.29, 0.717) is 24.6 Å². The first-order chi connectivity index (χ1) is 14.1. The largest absolute Gasteiger partial charge is 0.434 e. The average Bonchev–Trinajstić information content (AvgIpc) is 2.72. The van der Waals surface area contributed by atoms with E-state index in [2.05, 4.69) is 31.4 Å². The van der Waals surface area contributed by atoms with E-state index in [1.165, 1.54) is 0 Å². The van der Waals surface area contributed by atoms with Gasteiger partial charge in [0.05, 0.1) is 5.52 Å². The SMILES string of the molecule is CN=C(NCCc1cccc2cccnc12)NCc1cc(C)ccc1OC(F)F. The van der Waals surface area contributed by atoms with E-state index < -0.39 is 6.61 Å². The van der Waals surface area contributed by atoms with Gasteiger partial charge in [-0.2, -0.15) is 8.78 Å². The number of benzene rings is 2. The Labute approximate surface area is 168 Å². The molecule has 0 atom stereocenters. The molecule has 1 heterocycles. The molecule has 5 nitrogen and oxygen atoms in total. The standard InChI is InChI=1S/C22H24F2N4O/c1-15-8-9-19(29-21(23)24)18(13-15)14-28-22(25-2)27-12-10-17-6-3-5-16-7-4-11-26-20(16)17/h3-9,11,13,21H,10,12,14H2,1-2H3,(H2,25,27,28). The highest BCUT2D eigenvalue weighted by Crippen LogP contribution is 2.22. The van der Waals surface area contributed by atoms with Crippen LogP contribution in [0.3, 0.4) is 0 Å². The van der Waals surface area contributed by atoms with Crippen LogP contribution in [0.4, 0.5) is 8.78 Å². The minimum Gasteiger partial charge on any atom is -0.434 e. The highest BCUT2D eigenvalue weighted by atomic mass is 19.3. The third kappa shape index (κ3) is 5.63. The minimum absolute atomic E-state index is 0.162. The second kappa shape index (κ2) is 9.82. The Morgan fingerprint density at radius 3 is 2.72 bits per heavy atom. The average molecular weight is 398 g/mol. The molecule has 0 spiro atoms. The molecular formula is C22H24F2N4O. The monoisotopic (exact) mass is 398 g/mol. The van der Waals surface area contributed by atoms with Crippen LogP contribution in [0, 0.1) is 6.92 Å². The number of para-hydroxylation sites is 1. The zero-order chi connectivity index (χ0) is 20.6. The van der Waals surface area contributed by atoms with Crippen LogP contribution < -0.4 is 15.4 Å². The van der Waals surface area contributed by atoms with Crippen LogP contribution in [0.1, 0.15) is 16.7 Å². The maximum atomic E-state index is 12.6. The number of pyridine rings is 1. The molecule has 0 bridgehead atoms. The Morgan fingerprint density at radius 1 is 1.10 bits per heavy atom. The molecule has 3 aromatic rings. The normalized spacial score (nSPS) is 11.7. The predicted molar refractivity (Wildman–Crippen MR) is 111 cm³/mol. The number of aliphatic imine (C=N–C) groups is 1. The molecule has 2 aromatic carbocycles. The zero-order valence-corrected chi connectivity index (χ0v) is 16.5. The van der Waals surface area contributed by atoms with Gasteiger partial charge in [0.25, 0.3) is 0 Å². The number of aryl methyl sites for hydroxylation is 1. The van der Waals surface area contributed by atoms with Crippen molar-refractivity contribution in [1.29, 1.82) is 0 Å². The number of halogens is 2. The van der Waals surface area contributed by atoms with Gasteiger partial charge in [-0.1, -0.05) is 42.0 Å². The first kappa shape index (κ1) is 20.5. The lowest BCUT2D eigenvalue weighted by atomic mass is 10.1. The number of nitrogens with zero attached hydrogens (tertiary/aromatic N) is 2. The number of hydrogen-bond acceptors (Lipinski definition) is 3. The molecule has 0 saturated carbocycles. The molecule has 1 aromatic heterocycles.